The Balaban J connectivity index is 1.34. The number of aromatic amines is 1. The fourth-order valence-electron chi connectivity index (χ4n) is 4.60. The van der Waals surface area contributed by atoms with Crippen molar-refractivity contribution in [3.05, 3.63) is 18.0 Å². The summed E-state index contributed by atoms with van der Waals surface area (Å²) in [5.41, 5.74) is 0.760. The lowest BCUT2D eigenvalue weighted by Crippen LogP contribution is -2.52. The van der Waals surface area contributed by atoms with Crippen molar-refractivity contribution in [2.75, 3.05) is 26.2 Å². The number of nitrogens with zero attached hydrogens (tertiary/aromatic N) is 3. The molecule has 1 atom stereocenters. The molecule has 2 amide bonds. The lowest BCUT2D eigenvalue weighted by molar-refractivity contribution is -0.147. The van der Waals surface area contributed by atoms with Gasteiger partial charge in [-0.2, -0.15) is 5.10 Å². The predicted octanol–water partition coefficient (Wildman–Crippen LogP) is 1.98. The summed E-state index contributed by atoms with van der Waals surface area (Å²) >= 11 is 0. The molecule has 0 radical (unpaired) electrons. The van der Waals surface area contributed by atoms with Crippen molar-refractivity contribution >= 4 is 11.8 Å². The lowest BCUT2D eigenvalue weighted by atomic mass is 9.77. The highest BCUT2D eigenvalue weighted by atomic mass is 16.2. The summed E-state index contributed by atoms with van der Waals surface area (Å²) in [6, 6.07) is 0. The van der Waals surface area contributed by atoms with E-state index < -0.39 is 0 Å². The predicted molar refractivity (Wildman–Crippen MR) is 93.7 cm³/mol. The molecular weight excluding hydrogens is 316 g/mol. The number of nitrogens with one attached hydrogen (secondary N) is 1. The van der Waals surface area contributed by atoms with Crippen LogP contribution in [0.4, 0.5) is 0 Å². The van der Waals surface area contributed by atoms with Gasteiger partial charge in [0.1, 0.15) is 0 Å². The number of piperidine rings is 1. The minimum atomic E-state index is -0.298. The van der Waals surface area contributed by atoms with Crippen LogP contribution in [0.15, 0.2) is 12.4 Å². The zero-order chi connectivity index (χ0) is 17.3. The Kier molecular flexibility index (Phi) is 4.52. The molecule has 1 aromatic heterocycles. The average Bonchev–Trinajstić information content (AvgIpc) is 3.23. The lowest BCUT2D eigenvalue weighted by Gasteiger charge is -2.42. The van der Waals surface area contributed by atoms with Crippen LogP contribution in [0.2, 0.25) is 0 Å². The Morgan fingerprint density at radius 1 is 1.28 bits per heavy atom. The first kappa shape index (κ1) is 16.6. The molecule has 4 rings (SSSR count). The molecule has 1 saturated carbocycles. The molecule has 3 fully saturated rings. The SMILES string of the molecule is O=C(CCc1cn[nH]c1)N1CCC2(CCCN(CC3CCC3)C2=O)C1. The number of likely N-dealkylation sites (tertiary alicyclic amines) is 2. The molecule has 1 N–H and O–H groups in total. The maximum absolute atomic E-state index is 13.1. The first-order chi connectivity index (χ1) is 12.2. The molecule has 136 valence electrons. The van der Waals surface area contributed by atoms with E-state index in [1.165, 1.54) is 19.3 Å². The van der Waals surface area contributed by atoms with Gasteiger partial charge in [-0.25, -0.2) is 0 Å². The van der Waals surface area contributed by atoms with Crippen molar-refractivity contribution in [2.45, 2.75) is 51.4 Å². The number of carbonyl (C=O) groups excluding carboxylic acids is 2. The molecule has 1 spiro atoms. The van der Waals surface area contributed by atoms with Crippen LogP contribution in [0.3, 0.4) is 0 Å². The summed E-state index contributed by atoms with van der Waals surface area (Å²) in [5, 5.41) is 6.70. The number of amides is 2. The minimum Gasteiger partial charge on any atom is -0.342 e. The van der Waals surface area contributed by atoms with Crippen molar-refractivity contribution in [1.82, 2.24) is 20.0 Å². The fourth-order valence-corrected chi connectivity index (χ4v) is 4.60. The molecular formula is C19H28N4O2. The summed E-state index contributed by atoms with van der Waals surface area (Å²) in [7, 11) is 0. The van der Waals surface area contributed by atoms with Crippen LogP contribution in [-0.4, -0.2) is 58.0 Å². The number of aryl methyl sites for hydroxylation is 1. The van der Waals surface area contributed by atoms with Gasteiger partial charge in [0.15, 0.2) is 0 Å². The van der Waals surface area contributed by atoms with Gasteiger partial charge in [0.05, 0.1) is 11.6 Å². The number of rotatable bonds is 5. The summed E-state index contributed by atoms with van der Waals surface area (Å²) < 4.78 is 0. The van der Waals surface area contributed by atoms with E-state index in [4.69, 9.17) is 0 Å². The van der Waals surface area contributed by atoms with Gasteiger partial charge < -0.3 is 9.80 Å². The van der Waals surface area contributed by atoms with Crippen molar-refractivity contribution in [3.63, 3.8) is 0 Å². The highest BCUT2D eigenvalue weighted by Gasteiger charge is 2.49. The Morgan fingerprint density at radius 2 is 2.16 bits per heavy atom. The highest BCUT2D eigenvalue weighted by Crippen LogP contribution is 2.41. The van der Waals surface area contributed by atoms with E-state index in [2.05, 4.69) is 15.1 Å². The molecule has 2 saturated heterocycles. The van der Waals surface area contributed by atoms with E-state index in [1.807, 2.05) is 11.1 Å². The third-order valence-electron chi connectivity index (χ3n) is 6.42. The first-order valence-corrected chi connectivity index (χ1v) is 9.71. The fraction of sp³-hybridized carbons (Fsp3) is 0.737. The maximum Gasteiger partial charge on any atom is 0.230 e. The maximum atomic E-state index is 13.1. The Labute approximate surface area is 148 Å². The second-order valence-electron chi connectivity index (χ2n) is 8.10. The zero-order valence-corrected chi connectivity index (χ0v) is 14.9. The number of hydrogen-bond acceptors (Lipinski definition) is 3. The van der Waals surface area contributed by atoms with Gasteiger partial charge in [-0.1, -0.05) is 6.42 Å². The molecule has 1 aromatic rings. The van der Waals surface area contributed by atoms with E-state index in [0.29, 0.717) is 31.2 Å². The molecule has 6 heteroatoms. The highest BCUT2D eigenvalue weighted by molar-refractivity contribution is 5.86. The molecule has 0 aromatic carbocycles. The standard InChI is InChI=1S/C19H28N4O2/c24-17(6-5-16-11-20-21-12-16)23-10-8-19(14-23)7-2-9-22(18(19)25)13-15-3-1-4-15/h11-12,15H,1-10,13-14H2,(H,20,21). The van der Waals surface area contributed by atoms with Crippen molar-refractivity contribution in [2.24, 2.45) is 11.3 Å². The average molecular weight is 344 g/mol. The zero-order valence-electron chi connectivity index (χ0n) is 14.9. The van der Waals surface area contributed by atoms with Crippen LogP contribution in [-0.2, 0) is 16.0 Å². The Hall–Kier alpha value is -1.85. The third-order valence-corrected chi connectivity index (χ3v) is 6.42. The monoisotopic (exact) mass is 344 g/mol. The largest absolute Gasteiger partial charge is 0.342 e. The summed E-state index contributed by atoms with van der Waals surface area (Å²) in [4.78, 5) is 29.7. The second-order valence-corrected chi connectivity index (χ2v) is 8.10. The number of carbonyl (C=O) groups is 2. The number of aromatic nitrogens is 2. The number of hydrogen-bond donors (Lipinski definition) is 1. The van der Waals surface area contributed by atoms with Gasteiger partial charge in [0, 0.05) is 38.8 Å². The van der Waals surface area contributed by atoms with E-state index in [-0.39, 0.29) is 11.3 Å². The molecule has 3 heterocycles. The van der Waals surface area contributed by atoms with Gasteiger partial charge in [0.25, 0.3) is 0 Å². The molecule has 1 aliphatic carbocycles. The van der Waals surface area contributed by atoms with Crippen molar-refractivity contribution < 1.29 is 9.59 Å². The topological polar surface area (TPSA) is 69.3 Å². The van der Waals surface area contributed by atoms with E-state index >= 15 is 0 Å². The number of H-pyrrole nitrogens is 1. The van der Waals surface area contributed by atoms with Gasteiger partial charge in [-0.05, 0) is 50.0 Å². The van der Waals surface area contributed by atoms with E-state index in [9.17, 15) is 9.59 Å². The molecule has 2 aliphatic heterocycles. The van der Waals surface area contributed by atoms with Crippen molar-refractivity contribution in [3.8, 4) is 0 Å². The summed E-state index contributed by atoms with van der Waals surface area (Å²) in [5.74, 6) is 1.20. The minimum absolute atomic E-state index is 0.169. The molecule has 3 aliphatic rings. The molecule has 1 unspecified atom stereocenters. The summed E-state index contributed by atoms with van der Waals surface area (Å²) in [6.45, 7) is 3.20. The smallest absolute Gasteiger partial charge is 0.230 e. The molecule has 25 heavy (non-hydrogen) atoms. The van der Waals surface area contributed by atoms with E-state index in [0.717, 1.165) is 44.5 Å². The quantitative estimate of drug-likeness (QED) is 0.888. The first-order valence-electron chi connectivity index (χ1n) is 9.71. The van der Waals surface area contributed by atoms with Crippen LogP contribution in [0.1, 0.15) is 50.5 Å². The van der Waals surface area contributed by atoms with Gasteiger partial charge in [-0.15, -0.1) is 0 Å². The van der Waals surface area contributed by atoms with Gasteiger partial charge in [0.2, 0.25) is 11.8 Å². The van der Waals surface area contributed by atoms with E-state index in [1.54, 1.807) is 6.20 Å². The van der Waals surface area contributed by atoms with Crippen LogP contribution in [0.25, 0.3) is 0 Å². The van der Waals surface area contributed by atoms with Gasteiger partial charge in [-0.3, -0.25) is 14.7 Å². The van der Waals surface area contributed by atoms with Crippen LogP contribution >= 0.6 is 0 Å². The van der Waals surface area contributed by atoms with Gasteiger partial charge >= 0.3 is 0 Å². The Morgan fingerprint density at radius 3 is 2.88 bits per heavy atom. The Bertz CT molecular complexity index is 625. The van der Waals surface area contributed by atoms with Crippen molar-refractivity contribution in [1.29, 1.82) is 0 Å². The normalized spacial score (nSPS) is 27.1. The van der Waals surface area contributed by atoms with Crippen LogP contribution in [0.5, 0.6) is 0 Å². The van der Waals surface area contributed by atoms with Crippen LogP contribution in [0, 0.1) is 11.3 Å². The summed E-state index contributed by atoms with van der Waals surface area (Å²) in [6.07, 6.45) is 11.5. The third kappa shape index (κ3) is 3.31. The van der Waals surface area contributed by atoms with Crippen LogP contribution < -0.4 is 0 Å². The second kappa shape index (κ2) is 6.81. The molecule has 0 bridgehead atoms. The molecule has 6 nitrogen and oxygen atoms in total.